The van der Waals surface area contributed by atoms with Gasteiger partial charge in [-0.05, 0) is 44.0 Å². The third-order valence-electron chi connectivity index (χ3n) is 3.80. The first-order valence-corrected chi connectivity index (χ1v) is 7.04. The second-order valence-corrected chi connectivity index (χ2v) is 5.32. The molecule has 0 radical (unpaired) electrons. The van der Waals surface area contributed by atoms with Crippen LogP contribution < -0.4 is 4.57 Å². The van der Waals surface area contributed by atoms with Gasteiger partial charge in [0.15, 0.2) is 0 Å². The molecule has 0 aliphatic heterocycles. The smallest absolute Gasteiger partial charge is 0.240 e. The Bertz CT molecular complexity index is 789. The Balaban J connectivity index is 2.32. The first-order valence-electron chi connectivity index (χ1n) is 7.04. The summed E-state index contributed by atoms with van der Waals surface area (Å²) in [5, 5.41) is 4.39. The van der Waals surface area contributed by atoms with Crippen molar-refractivity contribution in [1.29, 1.82) is 0 Å². The molecule has 0 fully saturated rings. The quantitative estimate of drug-likeness (QED) is 0.676. The molecule has 0 amide bonds. The van der Waals surface area contributed by atoms with Gasteiger partial charge in [-0.15, -0.1) is 0 Å². The van der Waals surface area contributed by atoms with Crippen molar-refractivity contribution in [3.8, 4) is 11.4 Å². The van der Waals surface area contributed by atoms with Gasteiger partial charge in [0.1, 0.15) is 18.1 Å². The van der Waals surface area contributed by atoms with Gasteiger partial charge in [-0.1, -0.05) is 4.98 Å². The molecule has 0 aliphatic carbocycles. The molecular formula is C17H19N4+. The maximum atomic E-state index is 4.39. The molecule has 0 spiro atoms. The summed E-state index contributed by atoms with van der Waals surface area (Å²) in [6, 6.07) is 6.11. The Morgan fingerprint density at radius 3 is 2.48 bits per heavy atom. The van der Waals surface area contributed by atoms with E-state index in [0.717, 1.165) is 11.5 Å². The fraction of sp³-hybridized carbons (Fsp3) is 0.235. The average molecular weight is 279 g/mol. The summed E-state index contributed by atoms with van der Waals surface area (Å²) in [7, 11) is 0. The molecule has 0 aliphatic rings. The number of aryl methyl sites for hydroxylation is 3. The standard InChI is InChI=1S/C17H19N4/c1-12-11-13(2)17(21-10-6-8-19-21)14(3)16(12)20-9-5-7-18-15(20)4/h5-11H,1-4H3/q+1. The molecule has 1 aromatic carbocycles. The van der Waals surface area contributed by atoms with Gasteiger partial charge in [0.25, 0.3) is 5.82 Å². The van der Waals surface area contributed by atoms with E-state index in [4.69, 9.17) is 0 Å². The van der Waals surface area contributed by atoms with E-state index in [1.165, 1.54) is 22.4 Å². The van der Waals surface area contributed by atoms with E-state index < -0.39 is 0 Å². The van der Waals surface area contributed by atoms with Gasteiger partial charge in [-0.3, -0.25) is 0 Å². The minimum atomic E-state index is 0.971. The summed E-state index contributed by atoms with van der Waals surface area (Å²) >= 11 is 0. The van der Waals surface area contributed by atoms with Crippen LogP contribution in [0.3, 0.4) is 0 Å². The third-order valence-corrected chi connectivity index (χ3v) is 3.80. The van der Waals surface area contributed by atoms with Gasteiger partial charge in [0.2, 0.25) is 0 Å². The monoisotopic (exact) mass is 279 g/mol. The highest BCUT2D eigenvalue weighted by Crippen LogP contribution is 2.25. The van der Waals surface area contributed by atoms with E-state index in [0.29, 0.717) is 0 Å². The summed E-state index contributed by atoms with van der Waals surface area (Å²) < 4.78 is 4.07. The topological polar surface area (TPSA) is 34.6 Å². The first kappa shape index (κ1) is 13.5. The lowest BCUT2D eigenvalue weighted by atomic mass is 10.0. The van der Waals surface area contributed by atoms with Gasteiger partial charge in [0, 0.05) is 30.9 Å². The molecule has 0 saturated carbocycles. The van der Waals surface area contributed by atoms with E-state index in [1.807, 2.05) is 36.1 Å². The van der Waals surface area contributed by atoms with Crippen molar-refractivity contribution >= 4 is 0 Å². The largest absolute Gasteiger partial charge is 0.300 e. The van der Waals surface area contributed by atoms with Gasteiger partial charge < -0.3 is 0 Å². The van der Waals surface area contributed by atoms with E-state index in [2.05, 4.69) is 47.7 Å². The predicted octanol–water partition coefficient (Wildman–Crippen LogP) is 2.78. The van der Waals surface area contributed by atoms with Crippen LogP contribution >= 0.6 is 0 Å². The fourth-order valence-corrected chi connectivity index (χ4v) is 2.97. The molecule has 4 nitrogen and oxygen atoms in total. The van der Waals surface area contributed by atoms with Crippen LogP contribution in [-0.2, 0) is 0 Å². The molecule has 2 heterocycles. The van der Waals surface area contributed by atoms with E-state index >= 15 is 0 Å². The number of benzene rings is 1. The van der Waals surface area contributed by atoms with E-state index in [9.17, 15) is 0 Å². The molecule has 0 N–H and O–H groups in total. The molecule has 2 aromatic heterocycles. The third kappa shape index (κ3) is 2.23. The van der Waals surface area contributed by atoms with Crippen molar-refractivity contribution in [1.82, 2.24) is 14.8 Å². The van der Waals surface area contributed by atoms with Gasteiger partial charge >= 0.3 is 0 Å². The zero-order valence-corrected chi connectivity index (χ0v) is 12.8. The maximum absolute atomic E-state index is 4.39. The van der Waals surface area contributed by atoms with E-state index in [-0.39, 0.29) is 0 Å². The Kier molecular flexibility index (Phi) is 3.29. The fourth-order valence-electron chi connectivity index (χ4n) is 2.97. The van der Waals surface area contributed by atoms with Crippen molar-refractivity contribution in [2.24, 2.45) is 0 Å². The minimum absolute atomic E-state index is 0.971. The first-order chi connectivity index (χ1) is 10.1. The van der Waals surface area contributed by atoms with Crippen molar-refractivity contribution in [2.45, 2.75) is 27.7 Å². The lowest BCUT2D eigenvalue weighted by Gasteiger charge is -2.16. The molecule has 0 unspecified atom stereocenters. The van der Waals surface area contributed by atoms with E-state index in [1.54, 1.807) is 6.20 Å². The van der Waals surface area contributed by atoms with Crippen molar-refractivity contribution < 1.29 is 4.57 Å². The van der Waals surface area contributed by atoms with Gasteiger partial charge in [-0.2, -0.15) is 9.67 Å². The molecule has 0 bridgehead atoms. The molecule has 3 aromatic rings. The highest BCUT2D eigenvalue weighted by Gasteiger charge is 2.19. The van der Waals surface area contributed by atoms with Crippen molar-refractivity contribution in [3.63, 3.8) is 0 Å². The minimum Gasteiger partial charge on any atom is -0.240 e. The van der Waals surface area contributed by atoms with Crippen molar-refractivity contribution in [2.75, 3.05) is 0 Å². The summed E-state index contributed by atoms with van der Waals surface area (Å²) in [6.45, 7) is 8.43. The van der Waals surface area contributed by atoms with Crippen LogP contribution in [0.1, 0.15) is 22.5 Å². The Labute approximate surface area is 124 Å². The van der Waals surface area contributed by atoms with Crippen LogP contribution in [0.4, 0.5) is 0 Å². The zero-order valence-electron chi connectivity index (χ0n) is 12.8. The molecule has 0 atom stereocenters. The second kappa shape index (κ2) is 5.13. The number of rotatable bonds is 2. The molecule has 4 heteroatoms. The normalized spacial score (nSPS) is 10.9. The molecule has 0 saturated heterocycles. The zero-order chi connectivity index (χ0) is 15.0. The number of aromatic nitrogens is 4. The SMILES string of the molecule is Cc1cc(C)c(-[n+]2cccnc2C)c(C)c1-n1cccn1. The molecule has 106 valence electrons. The van der Waals surface area contributed by atoms with Gasteiger partial charge in [0.05, 0.1) is 5.69 Å². The molecular weight excluding hydrogens is 260 g/mol. The van der Waals surface area contributed by atoms with Crippen LogP contribution in [0.15, 0.2) is 43.0 Å². The Hall–Kier alpha value is -2.49. The number of hydrogen-bond donors (Lipinski definition) is 0. The Morgan fingerprint density at radius 2 is 1.81 bits per heavy atom. The molecule has 3 rings (SSSR count). The van der Waals surface area contributed by atoms with Crippen LogP contribution in [0.2, 0.25) is 0 Å². The highest BCUT2D eigenvalue weighted by atomic mass is 15.3. The van der Waals surface area contributed by atoms with Crippen LogP contribution in [0.25, 0.3) is 11.4 Å². The lowest BCUT2D eigenvalue weighted by molar-refractivity contribution is -0.607. The lowest BCUT2D eigenvalue weighted by Crippen LogP contribution is -2.37. The van der Waals surface area contributed by atoms with Gasteiger partial charge in [-0.25, -0.2) is 4.68 Å². The van der Waals surface area contributed by atoms with Crippen LogP contribution in [-0.4, -0.2) is 14.8 Å². The second-order valence-electron chi connectivity index (χ2n) is 5.32. The molecule has 21 heavy (non-hydrogen) atoms. The average Bonchev–Trinajstić information content (AvgIpc) is 2.94. The Morgan fingerprint density at radius 1 is 1.00 bits per heavy atom. The van der Waals surface area contributed by atoms with Crippen LogP contribution in [0, 0.1) is 27.7 Å². The van der Waals surface area contributed by atoms with Crippen LogP contribution in [0.5, 0.6) is 0 Å². The van der Waals surface area contributed by atoms with Crippen molar-refractivity contribution in [3.05, 3.63) is 65.5 Å². The summed E-state index contributed by atoms with van der Waals surface area (Å²) in [6.07, 6.45) is 7.66. The summed E-state index contributed by atoms with van der Waals surface area (Å²) in [5.74, 6) is 0.971. The predicted molar refractivity (Wildman–Crippen MR) is 81.8 cm³/mol. The number of hydrogen-bond acceptors (Lipinski definition) is 2. The highest BCUT2D eigenvalue weighted by molar-refractivity contribution is 5.57. The number of nitrogens with zero attached hydrogens (tertiary/aromatic N) is 4. The maximum Gasteiger partial charge on any atom is 0.300 e. The summed E-state index contributed by atoms with van der Waals surface area (Å²) in [5.41, 5.74) is 5.98. The summed E-state index contributed by atoms with van der Waals surface area (Å²) in [4.78, 5) is 4.39.